The van der Waals surface area contributed by atoms with Crippen LogP contribution in [0.5, 0.6) is 0 Å². The molecule has 0 spiro atoms. The average molecular weight is 566 g/mol. The number of nitrogens with zero attached hydrogens (tertiary/aromatic N) is 3. The number of hydrogen-bond acceptors (Lipinski definition) is 5. The van der Waals surface area contributed by atoms with Crippen molar-refractivity contribution in [3.05, 3.63) is 74.4 Å². The molecule has 2 atom stereocenters. The van der Waals surface area contributed by atoms with Crippen LogP contribution in [0.3, 0.4) is 0 Å². The molecule has 0 saturated carbocycles. The van der Waals surface area contributed by atoms with Crippen LogP contribution in [0.25, 0.3) is 10.8 Å². The second-order valence-electron chi connectivity index (χ2n) is 10.7. The molecule has 4 heterocycles. The van der Waals surface area contributed by atoms with Crippen molar-refractivity contribution in [3.8, 4) is 0 Å². The maximum Gasteiger partial charge on any atom is 0.270 e. The van der Waals surface area contributed by atoms with Gasteiger partial charge < -0.3 is 25.0 Å². The molecule has 3 aromatic rings. The number of aromatic amines is 1. The molecule has 1 unspecified atom stereocenters. The van der Waals surface area contributed by atoms with Crippen molar-refractivity contribution >= 4 is 45.8 Å². The van der Waals surface area contributed by atoms with E-state index < -0.39 is 11.4 Å². The van der Waals surface area contributed by atoms with Crippen molar-refractivity contribution in [2.24, 2.45) is 0 Å². The minimum Gasteiger partial charge on any atom is -0.374 e. The van der Waals surface area contributed by atoms with Crippen LogP contribution in [0.15, 0.2) is 41.2 Å². The Morgan fingerprint density at radius 2 is 1.93 bits per heavy atom. The average Bonchev–Trinajstić information content (AvgIpc) is 3.31. The Balaban J connectivity index is 1.18. The number of pyridine rings is 1. The van der Waals surface area contributed by atoms with Crippen molar-refractivity contribution in [1.82, 2.24) is 19.7 Å². The van der Waals surface area contributed by atoms with Crippen LogP contribution in [0, 0.1) is 5.82 Å². The largest absolute Gasteiger partial charge is 0.374 e. The lowest BCUT2D eigenvalue weighted by Gasteiger charge is -2.37. The normalized spacial score (nSPS) is 20.5. The maximum absolute atomic E-state index is 14.9. The van der Waals surface area contributed by atoms with Gasteiger partial charge in [0.1, 0.15) is 11.5 Å². The number of fused-ring (bicyclic) bond motifs is 3. The van der Waals surface area contributed by atoms with Gasteiger partial charge in [-0.1, -0.05) is 17.7 Å². The third-order valence-corrected chi connectivity index (χ3v) is 8.57. The zero-order valence-electron chi connectivity index (χ0n) is 22.0. The Hall–Kier alpha value is -3.92. The van der Waals surface area contributed by atoms with Gasteiger partial charge in [-0.25, -0.2) is 4.39 Å². The summed E-state index contributed by atoms with van der Waals surface area (Å²) in [6, 6.07) is 9.62. The highest BCUT2D eigenvalue weighted by Gasteiger charge is 2.37. The van der Waals surface area contributed by atoms with Gasteiger partial charge in [-0.15, -0.1) is 0 Å². The number of rotatable bonds is 4. The fourth-order valence-electron chi connectivity index (χ4n) is 6.17. The smallest absolute Gasteiger partial charge is 0.270 e. The number of piperazine rings is 1. The Kier molecular flexibility index (Phi) is 6.74. The second-order valence-corrected chi connectivity index (χ2v) is 11.1. The number of carbonyl (C=O) groups excluding carboxylic acids is 3. The highest BCUT2D eigenvalue weighted by molar-refractivity contribution is 6.30. The van der Waals surface area contributed by atoms with Crippen LogP contribution >= 0.6 is 11.6 Å². The summed E-state index contributed by atoms with van der Waals surface area (Å²) in [7, 11) is 0. The number of nitrogens with one attached hydrogen (secondary N) is 2. The third kappa shape index (κ3) is 4.70. The van der Waals surface area contributed by atoms with Crippen molar-refractivity contribution in [2.75, 3.05) is 38.0 Å². The third-order valence-electron chi connectivity index (χ3n) is 8.34. The molecule has 11 heteroatoms. The van der Waals surface area contributed by atoms with Gasteiger partial charge in [0.25, 0.3) is 11.5 Å². The molecule has 6 rings (SSSR count). The minimum absolute atomic E-state index is 0.00582. The lowest BCUT2D eigenvalue weighted by molar-refractivity contribution is -0.132. The predicted octanol–water partition coefficient (Wildman–Crippen LogP) is 3.33. The van der Waals surface area contributed by atoms with E-state index in [4.69, 9.17) is 11.6 Å². The molecule has 1 aromatic heterocycles. The number of hydrogen-bond donors (Lipinski definition) is 2. The highest BCUT2D eigenvalue weighted by Crippen LogP contribution is 2.31. The summed E-state index contributed by atoms with van der Waals surface area (Å²) in [4.78, 5) is 58.9. The molecule has 2 saturated heterocycles. The van der Waals surface area contributed by atoms with Gasteiger partial charge in [0.05, 0.1) is 23.7 Å². The molecule has 9 nitrogen and oxygen atoms in total. The molecule has 208 valence electrons. The summed E-state index contributed by atoms with van der Waals surface area (Å²) >= 11 is 6.12. The van der Waals surface area contributed by atoms with E-state index in [0.29, 0.717) is 55.9 Å². The molecule has 3 aliphatic rings. The van der Waals surface area contributed by atoms with Crippen LogP contribution in [-0.2, 0) is 16.0 Å². The monoisotopic (exact) mass is 565 g/mol. The van der Waals surface area contributed by atoms with Crippen molar-refractivity contribution in [2.45, 2.75) is 38.3 Å². The van der Waals surface area contributed by atoms with E-state index in [1.54, 1.807) is 9.80 Å². The molecule has 0 aliphatic carbocycles. The quantitative estimate of drug-likeness (QED) is 0.505. The van der Waals surface area contributed by atoms with E-state index in [1.165, 1.54) is 12.1 Å². The Labute approximate surface area is 234 Å². The van der Waals surface area contributed by atoms with E-state index in [-0.39, 0.29) is 53.1 Å². The van der Waals surface area contributed by atoms with Gasteiger partial charge in [-0.05, 0) is 66.6 Å². The summed E-state index contributed by atoms with van der Waals surface area (Å²) in [5, 5.41) is 4.04. The van der Waals surface area contributed by atoms with Crippen molar-refractivity contribution < 1.29 is 18.8 Å². The number of H-pyrrole nitrogens is 1. The lowest BCUT2D eigenvalue weighted by atomic mass is 9.93. The van der Waals surface area contributed by atoms with Gasteiger partial charge in [0.2, 0.25) is 11.8 Å². The molecule has 3 aliphatic heterocycles. The first-order valence-corrected chi connectivity index (χ1v) is 13.8. The van der Waals surface area contributed by atoms with Gasteiger partial charge >= 0.3 is 0 Å². The van der Waals surface area contributed by atoms with Crippen molar-refractivity contribution in [1.29, 1.82) is 0 Å². The standard InChI is InChI=1S/C29H29ClFN5O4/c1-16-21-4-2-19(30)10-17(21)6-7-35(16)27(38)14-32-24-11-18-12-25(33-28(39)22(18)13-23(24)31)29(40)34-8-9-36-20(15-34)3-5-26(36)37/h2,4,10-13,16,20,32H,3,5-9,14-15H2,1H3,(H,33,39)/t16-,20?/m0/s1. The van der Waals surface area contributed by atoms with Crippen LogP contribution in [0.2, 0.25) is 5.02 Å². The predicted molar refractivity (Wildman–Crippen MR) is 149 cm³/mol. The molecular weight excluding hydrogens is 537 g/mol. The topological polar surface area (TPSA) is 106 Å². The zero-order valence-corrected chi connectivity index (χ0v) is 22.8. The zero-order chi connectivity index (χ0) is 28.1. The number of halogens is 2. The molecule has 0 bridgehead atoms. The Bertz CT molecular complexity index is 1610. The fraction of sp³-hybridized carbons (Fsp3) is 0.379. The summed E-state index contributed by atoms with van der Waals surface area (Å²) in [5.74, 6) is -1.08. The lowest BCUT2D eigenvalue weighted by Crippen LogP contribution is -2.53. The fourth-order valence-corrected chi connectivity index (χ4v) is 6.37. The van der Waals surface area contributed by atoms with Crippen LogP contribution in [0.1, 0.15) is 47.4 Å². The first kappa shape index (κ1) is 26.3. The van der Waals surface area contributed by atoms with E-state index in [9.17, 15) is 23.6 Å². The van der Waals surface area contributed by atoms with Crippen LogP contribution < -0.4 is 10.9 Å². The Morgan fingerprint density at radius 1 is 1.10 bits per heavy atom. The molecule has 0 radical (unpaired) electrons. The first-order valence-electron chi connectivity index (χ1n) is 13.5. The van der Waals surface area contributed by atoms with Gasteiger partial charge in [0.15, 0.2) is 0 Å². The number of amides is 3. The van der Waals surface area contributed by atoms with Crippen LogP contribution in [0.4, 0.5) is 10.1 Å². The molecule has 2 aromatic carbocycles. The van der Waals surface area contributed by atoms with Gasteiger partial charge in [0, 0.05) is 43.7 Å². The minimum atomic E-state index is -0.668. The van der Waals surface area contributed by atoms with E-state index in [1.807, 2.05) is 30.0 Å². The summed E-state index contributed by atoms with van der Waals surface area (Å²) in [5.41, 5.74) is 1.76. The second kappa shape index (κ2) is 10.2. The molecule has 2 fully saturated rings. The van der Waals surface area contributed by atoms with Gasteiger partial charge in [-0.3, -0.25) is 19.2 Å². The van der Waals surface area contributed by atoms with Crippen LogP contribution in [-0.4, -0.2) is 76.2 Å². The summed E-state index contributed by atoms with van der Waals surface area (Å²) < 4.78 is 14.9. The number of benzene rings is 2. The van der Waals surface area contributed by atoms with Gasteiger partial charge in [-0.2, -0.15) is 0 Å². The van der Waals surface area contributed by atoms with Crippen molar-refractivity contribution in [3.63, 3.8) is 0 Å². The van der Waals surface area contributed by atoms with E-state index >= 15 is 0 Å². The summed E-state index contributed by atoms with van der Waals surface area (Å²) in [6.07, 6.45) is 1.88. The Morgan fingerprint density at radius 3 is 2.75 bits per heavy atom. The molecular formula is C29H29ClFN5O4. The van der Waals surface area contributed by atoms with E-state index in [2.05, 4.69) is 10.3 Å². The van der Waals surface area contributed by atoms with E-state index in [0.717, 1.165) is 17.2 Å². The SMILES string of the molecule is C[C@H]1c2ccc(Cl)cc2CCN1C(=O)CNc1cc2cc(C(=O)N3CCN4C(=O)CCC4C3)[nH]c(=O)c2cc1F. The highest BCUT2D eigenvalue weighted by atomic mass is 35.5. The number of carbonyl (C=O) groups is 3. The molecule has 3 amide bonds. The summed E-state index contributed by atoms with van der Waals surface area (Å²) in [6.45, 7) is 3.61. The maximum atomic E-state index is 14.9. The molecule has 2 N–H and O–H groups in total. The first-order chi connectivity index (χ1) is 19.2. The number of aromatic nitrogens is 1. The molecule has 40 heavy (non-hydrogen) atoms. The number of anilines is 1.